The molecule has 0 aliphatic carbocycles. The van der Waals surface area contributed by atoms with Crippen molar-refractivity contribution in [3.63, 3.8) is 0 Å². The van der Waals surface area contributed by atoms with Gasteiger partial charge in [0.15, 0.2) is 5.78 Å². The van der Waals surface area contributed by atoms with Crippen LogP contribution in [0.25, 0.3) is 0 Å². The maximum atomic E-state index is 12.1. The quantitative estimate of drug-likeness (QED) is 0.779. The third-order valence-electron chi connectivity index (χ3n) is 3.51. The number of fused-ring (bicyclic) bond motifs is 1. The second-order valence-electron chi connectivity index (χ2n) is 4.88. The lowest BCUT2D eigenvalue weighted by atomic mass is 9.97. The van der Waals surface area contributed by atoms with Crippen LogP contribution < -0.4 is 4.74 Å². The molecule has 1 aliphatic heterocycles. The molecule has 2 heteroatoms. The molecule has 2 aromatic carbocycles. The summed E-state index contributed by atoms with van der Waals surface area (Å²) < 4.78 is 5.90. The van der Waals surface area contributed by atoms with Gasteiger partial charge in [-0.3, -0.25) is 4.79 Å². The summed E-state index contributed by atoms with van der Waals surface area (Å²) in [6.07, 6.45) is 2.36. The molecule has 0 bridgehead atoms. The average Bonchev–Trinajstić information content (AvgIpc) is 2.48. The van der Waals surface area contributed by atoms with E-state index in [-0.39, 0.29) is 11.9 Å². The largest absolute Gasteiger partial charge is 0.490 e. The van der Waals surface area contributed by atoms with E-state index in [0.717, 1.165) is 24.2 Å². The minimum atomic E-state index is 0.00241. The van der Waals surface area contributed by atoms with Gasteiger partial charge in [-0.15, -0.1) is 0 Å². The van der Waals surface area contributed by atoms with Crippen LogP contribution in [0, 0.1) is 0 Å². The van der Waals surface area contributed by atoms with E-state index < -0.39 is 0 Å². The zero-order chi connectivity index (χ0) is 13.1. The van der Waals surface area contributed by atoms with Crippen molar-refractivity contribution in [2.75, 3.05) is 0 Å². The van der Waals surface area contributed by atoms with Crippen LogP contribution in [-0.4, -0.2) is 11.9 Å². The number of carbonyl (C=O) groups is 1. The highest BCUT2D eigenvalue weighted by atomic mass is 16.5. The second-order valence-corrected chi connectivity index (χ2v) is 4.88. The van der Waals surface area contributed by atoms with Gasteiger partial charge in [0.1, 0.15) is 11.9 Å². The molecule has 3 rings (SSSR count). The Morgan fingerprint density at radius 2 is 1.79 bits per heavy atom. The number of carbonyl (C=O) groups excluding carboxylic acids is 1. The first-order valence-corrected chi connectivity index (χ1v) is 6.66. The van der Waals surface area contributed by atoms with Crippen LogP contribution in [0.1, 0.15) is 28.8 Å². The second kappa shape index (κ2) is 5.27. The molecule has 1 heterocycles. The molecule has 2 aromatic rings. The Morgan fingerprint density at radius 1 is 1.05 bits per heavy atom. The van der Waals surface area contributed by atoms with E-state index in [2.05, 4.69) is 6.07 Å². The van der Waals surface area contributed by atoms with Gasteiger partial charge < -0.3 is 4.74 Å². The first-order chi connectivity index (χ1) is 9.33. The molecule has 0 saturated heterocycles. The first kappa shape index (κ1) is 12.0. The van der Waals surface area contributed by atoms with Crippen molar-refractivity contribution in [3.8, 4) is 5.75 Å². The Hall–Kier alpha value is -2.09. The minimum absolute atomic E-state index is 0.00241. The predicted molar refractivity (Wildman–Crippen MR) is 74.6 cm³/mol. The van der Waals surface area contributed by atoms with E-state index in [4.69, 9.17) is 4.74 Å². The summed E-state index contributed by atoms with van der Waals surface area (Å²) in [5.74, 6) is 1.09. The van der Waals surface area contributed by atoms with Gasteiger partial charge >= 0.3 is 0 Å². The standard InChI is InChI=1S/C17H16O2/c18-16(13-6-2-1-3-7-13)12-15-11-10-14-8-4-5-9-17(14)19-15/h1-9,15H,10-12H2/t15-/m1/s1. The maximum absolute atomic E-state index is 12.1. The Kier molecular flexibility index (Phi) is 3.32. The van der Waals surface area contributed by atoms with Crippen LogP contribution in [0.4, 0.5) is 0 Å². The lowest BCUT2D eigenvalue weighted by Gasteiger charge is -2.25. The SMILES string of the molecule is O=C(C[C@H]1CCc2ccccc2O1)c1ccccc1. The molecule has 0 N–H and O–H groups in total. The Balaban J connectivity index is 1.68. The average molecular weight is 252 g/mol. The fourth-order valence-corrected chi connectivity index (χ4v) is 2.47. The van der Waals surface area contributed by atoms with Crippen molar-refractivity contribution < 1.29 is 9.53 Å². The molecule has 0 unspecified atom stereocenters. The zero-order valence-electron chi connectivity index (χ0n) is 10.7. The molecule has 96 valence electrons. The Bertz CT molecular complexity index is 575. The van der Waals surface area contributed by atoms with Gasteiger partial charge in [-0.25, -0.2) is 0 Å². The highest BCUT2D eigenvalue weighted by Gasteiger charge is 2.22. The van der Waals surface area contributed by atoms with E-state index in [1.165, 1.54) is 5.56 Å². The molecular weight excluding hydrogens is 236 g/mol. The van der Waals surface area contributed by atoms with Gasteiger partial charge in [0.25, 0.3) is 0 Å². The molecule has 0 spiro atoms. The molecule has 0 radical (unpaired) electrons. The number of hydrogen-bond donors (Lipinski definition) is 0. The minimum Gasteiger partial charge on any atom is -0.490 e. The lowest BCUT2D eigenvalue weighted by Crippen LogP contribution is -2.25. The molecule has 0 aromatic heterocycles. The van der Waals surface area contributed by atoms with Crippen molar-refractivity contribution in [2.45, 2.75) is 25.4 Å². The van der Waals surface area contributed by atoms with Gasteiger partial charge in [0.2, 0.25) is 0 Å². The molecule has 0 amide bonds. The predicted octanol–water partition coefficient (Wildman–Crippen LogP) is 3.65. The van der Waals surface area contributed by atoms with Gasteiger partial charge in [-0.2, -0.15) is 0 Å². The van der Waals surface area contributed by atoms with E-state index in [0.29, 0.717) is 6.42 Å². The summed E-state index contributed by atoms with van der Waals surface area (Å²) in [5, 5.41) is 0. The summed E-state index contributed by atoms with van der Waals surface area (Å²) in [6.45, 7) is 0. The van der Waals surface area contributed by atoms with Crippen molar-refractivity contribution in [1.82, 2.24) is 0 Å². The van der Waals surface area contributed by atoms with Gasteiger partial charge in [-0.1, -0.05) is 48.5 Å². The van der Waals surface area contributed by atoms with Crippen LogP contribution >= 0.6 is 0 Å². The van der Waals surface area contributed by atoms with E-state index in [1.54, 1.807) is 0 Å². The molecule has 0 saturated carbocycles. The van der Waals surface area contributed by atoms with Crippen LogP contribution in [0.3, 0.4) is 0 Å². The summed E-state index contributed by atoms with van der Waals surface area (Å²) in [7, 11) is 0. The Morgan fingerprint density at radius 3 is 2.63 bits per heavy atom. The lowest BCUT2D eigenvalue weighted by molar-refractivity contribution is 0.0884. The summed E-state index contributed by atoms with van der Waals surface area (Å²) in [5.41, 5.74) is 2.01. The number of Topliss-reactive ketones (excluding diaryl/α,β-unsaturated/α-hetero) is 1. The highest BCUT2D eigenvalue weighted by molar-refractivity contribution is 5.96. The topological polar surface area (TPSA) is 26.3 Å². The van der Waals surface area contributed by atoms with Crippen LogP contribution in [0.15, 0.2) is 54.6 Å². The smallest absolute Gasteiger partial charge is 0.166 e. The number of ketones is 1. The highest BCUT2D eigenvalue weighted by Crippen LogP contribution is 2.28. The van der Waals surface area contributed by atoms with Crippen molar-refractivity contribution in [3.05, 3.63) is 65.7 Å². The third-order valence-corrected chi connectivity index (χ3v) is 3.51. The molecular formula is C17H16O2. The number of para-hydroxylation sites is 1. The van der Waals surface area contributed by atoms with Gasteiger partial charge in [-0.05, 0) is 24.5 Å². The molecule has 2 nitrogen and oxygen atoms in total. The molecule has 1 atom stereocenters. The van der Waals surface area contributed by atoms with Crippen molar-refractivity contribution in [1.29, 1.82) is 0 Å². The van der Waals surface area contributed by atoms with Gasteiger partial charge in [0, 0.05) is 12.0 Å². The monoisotopic (exact) mass is 252 g/mol. The number of aryl methyl sites for hydroxylation is 1. The van der Waals surface area contributed by atoms with Crippen LogP contribution in [-0.2, 0) is 6.42 Å². The molecule has 0 fully saturated rings. The summed E-state index contributed by atoms with van der Waals surface area (Å²) >= 11 is 0. The van der Waals surface area contributed by atoms with E-state index in [1.807, 2.05) is 48.5 Å². The Labute approximate surface area is 113 Å². The fourth-order valence-electron chi connectivity index (χ4n) is 2.47. The fraction of sp³-hybridized carbons (Fsp3) is 0.235. The van der Waals surface area contributed by atoms with Gasteiger partial charge in [0.05, 0.1) is 0 Å². The summed E-state index contributed by atoms with van der Waals surface area (Å²) in [6, 6.07) is 17.5. The normalized spacial score (nSPS) is 17.4. The van der Waals surface area contributed by atoms with Crippen LogP contribution in [0.5, 0.6) is 5.75 Å². The number of rotatable bonds is 3. The van der Waals surface area contributed by atoms with Crippen molar-refractivity contribution >= 4 is 5.78 Å². The third kappa shape index (κ3) is 2.68. The van der Waals surface area contributed by atoms with E-state index >= 15 is 0 Å². The zero-order valence-corrected chi connectivity index (χ0v) is 10.7. The molecule has 19 heavy (non-hydrogen) atoms. The van der Waals surface area contributed by atoms with E-state index in [9.17, 15) is 4.79 Å². The number of ether oxygens (including phenoxy) is 1. The first-order valence-electron chi connectivity index (χ1n) is 6.66. The number of benzene rings is 2. The molecule has 1 aliphatic rings. The maximum Gasteiger partial charge on any atom is 0.166 e. The summed E-state index contributed by atoms with van der Waals surface area (Å²) in [4.78, 5) is 12.1. The van der Waals surface area contributed by atoms with Crippen molar-refractivity contribution in [2.24, 2.45) is 0 Å². The van der Waals surface area contributed by atoms with Crippen LogP contribution in [0.2, 0.25) is 0 Å². The number of hydrogen-bond acceptors (Lipinski definition) is 2.